The maximum atomic E-state index is 12.4. The number of hydrogen-bond acceptors (Lipinski definition) is 3. The van der Waals surface area contributed by atoms with Gasteiger partial charge in [0.1, 0.15) is 12.1 Å². The standard InChI is InChI=1S/C15H26N2O3/c1-9(2)12-13(18)16-10(3)14(19)17(12)8-11-6-7-15(4,5)20-11/h9-12H,6-8H2,1-5H3,(H,16,18). The molecule has 20 heavy (non-hydrogen) atoms. The van der Waals surface area contributed by atoms with Gasteiger partial charge in [0.25, 0.3) is 0 Å². The first kappa shape index (κ1) is 15.3. The second-order valence-corrected chi connectivity index (χ2v) is 6.95. The van der Waals surface area contributed by atoms with Gasteiger partial charge in [0.05, 0.1) is 11.7 Å². The molecule has 2 heterocycles. The number of nitrogens with one attached hydrogen (secondary N) is 1. The lowest BCUT2D eigenvalue weighted by Gasteiger charge is -2.41. The molecule has 5 heteroatoms. The summed E-state index contributed by atoms with van der Waals surface area (Å²) in [5.41, 5.74) is -0.120. The van der Waals surface area contributed by atoms with Crippen molar-refractivity contribution in [2.45, 2.75) is 71.2 Å². The average Bonchev–Trinajstić information content (AvgIpc) is 2.64. The molecule has 2 aliphatic heterocycles. The summed E-state index contributed by atoms with van der Waals surface area (Å²) in [5, 5.41) is 2.76. The van der Waals surface area contributed by atoms with Crippen LogP contribution in [0.4, 0.5) is 0 Å². The Morgan fingerprint density at radius 1 is 1.40 bits per heavy atom. The molecule has 5 nitrogen and oxygen atoms in total. The third-order valence-corrected chi connectivity index (χ3v) is 4.20. The molecule has 2 amide bonds. The summed E-state index contributed by atoms with van der Waals surface area (Å²) in [4.78, 5) is 26.3. The molecule has 2 saturated heterocycles. The number of carbonyl (C=O) groups excluding carboxylic acids is 2. The first-order chi connectivity index (χ1) is 9.21. The summed E-state index contributed by atoms with van der Waals surface area (Å²) in [7, 11) is 0. The number of hydrogen-bond donors (Lipinski definition) is 1. The predicted octanol–water partition coefficient (Wildman–Crippen LogP) is 1.32. The van der Waals surface area contributed by atoms with E-state index in [-0.39, 0.29) is 35.5 Å². The zero-order valence-corrected chi connectivity index (χ0v) is 13.1. The van der Waals surface area contributed by atoms with Gasteiger partial charge in [-0.1, -0.05) is 13.8 Å². The van der Waals surface area contributed by atoms with Crippen LogP contribution in [-0.4, -0.2) is 47.0 Å². The maximum absolute atomic E-state index is 12.4. The lowest BCUT2D eigenvalue weighted by molar-refractivity contribution is -0.153. The number of carbonyl (C=O) groups is 2. The molecule has 1 N–H and O–H groups in total. The van der Waals surface area contributed by atoms with Crippen molar-refractivity contribution < 1.29 is 14.3 Å². The lowest BCUT2D eigenvalue weighted by atomic mass is 9.96. The van der Waals surface area contributed by atoms with Crippen LogP contribution in [0.15, 0.2) is 0 Å². The monoisotopic (exact) mass is 282 g/mol. The van der Waals surface area contributed by atoms with E-state index in [1.54, 1.807) is 11.8 Å². The third kappa shape index (κ3) is 2.97. The molecule has 2 fully saturated rings. The third-order valence-electron chi connectivity index (χ3n) is 4.20. The van der Waals surface area contributed by atoms with E-state index in [2.05, 4.69) is 19.2 Å². The first-order valence-corrected chi connectivity index (χ1v) is 7.50. The highest BCUT2D eigenvalue weighted by Gasteiger charge is 2.42. The molecule has 0 aromatic carbocycles. The zero-order chi connectivity index (χ0) is 15.1. The molecule has 0 aromatic heterocycles. The van der Waals surface area contributed by atoms with Gasteiger partial charge in [0.2, 0.25) is 11.8 Å². The molecular formula is C15H26N2O3. The minimum atomic E-state index is -0.438. The number of nitrogens with zero attached hydrogens (tertiary/aromatic N) is 1. The van der Waals surface area contributed by atoms with E-state index in [1.807, 2.05) is 13.8 Å². The quantitative estimate of drug-likeness (QED) is 0.849. The van der Waals surface area contributed by atoms with Crippen LogP contribution in [0.1, 0.15) is 47.5 Å². The van der Waals surface area contributed by atoms with Gasteiger partial charge in [-0.15, -0.1) is 0 Å². The van der Waals surface area contributed by atoms with Crippen molar-refractivity contribution in [1.29, 1.82) is 0 Å². The summed E-state index contributed by atoms with van der Waals surface area (Å²) < 4.78 is 5.97. The Labute approximate surface area is 121 Å². The van der Waals surface area contributed by atoms with Gasteiger partial charge in [-0.2, -0.15) is 0 Å². The largest absolute Gasteiger partial charge is 0.371 e. The highest BCUT2D eigenvalue weighted by molar-refractivity contribution is 5.96. The van der Waals surface area contributed by atoms with Crippen LogP contribution in [0.2, 0.25) is 0 Å². The van der Waals surface area contributed by atoms with Crippen molar-refractivity contribution in [2.75, 3.05) is 6.54 Å². The smallest absolute Gasteiger partial charge is 0.245 e. The van der Waals surface area contributed by atoms with Gasteiger partial charge in [0.15, 0.2) is 0 Å². The molecule has 0 aliphatic carbocycles. The Morgan fingerprint density at radius 2 is 2.05 bits per heavy atom. The van der Waals surface area contributed by atoms with Gasteiger partial charge in [-0.3, -0.25) is 9.59 Å². The van der Waals surface area contributed by atoms with Gasteiger partial charge in [-0.05, 0) is 39.5 Å². The Morgan fingerprint density at radius 3 is 2.55 bits per heavy atom. The minimum absolute atomic E-state index is 0.00314. The Kier molecular flexibility index (Phi) is 4.09. The maximum Gasteiger partial charge on any atom is 0.245 e. The fraction of sp³-hybridized carbons (Fsp3) is 0.867. The average molecular weight is 282 g/mol. The number of rotatable bonds is 3. The molecule has 3 atom stereocenters. The lowest BCUT2D eigenvalue weighted by Crippen LogP contribution is -2.65. The van der Waals surface area contributed by atoms with E-state index in [1.165, 1.54) is 0 Å². The van der Waals surface area contributed by atoms with Crippen molar-refractivity contribution in [1.82, 2.24) is 10.2 Å². The van der Waals surface area contributed by atoms with Crippen LogP contribution in [0, 0.1) is 5.92 Å². The normalized spacial score (nSPS) is 33.7. The summed E-state index contributed by atoms with van der Waals surface area (Å²) >= 11 is 0. The van der Waals surface area contributed by atoms with E-state index in [0.717, 1.165) is 12.8 Å². The van der Waals surface area contributed by atoms with E-state index < -0.39 is 6.04 Å². The van der Waals surface area contributed by atoms with Crippen LogP contribution in [0.25, 0.3) is 0 Å². The van der Waals surface area contributed by atoms with E-state index >= 15 is 0 Å². The predicted molar refractivity (Wildman–Crippen MR) is 76.1 cm³/mol. The molecular weight excluding hydrogens is 256 g/mol. The molecule has 2 aliphatic rings. The SMILES string of the molecule is CC1NC(=O)C(C(C)C)N(CC2CCC(C)(C)O2)C1=O. The Bertz CT molecular complexity index is 406. The summed E-state index contributed by atoms with van der Waals surface area (Å²) in [6.07, 6.45) is 1.97. The van der Waals surface area contributed by atoms with Gasteiger partial charge >= 0.3 is 0 Å². The highest BCUT2D eigenvalue weighted by Crippen LogP contribution is 2.31. The topological polar surface area (TPSA) is 58.6 Å². The molecule has 0 aromatic rings. The van der Waals surface area contributed by atoms with Crippen LogP contribution < -0.4 is 5.32 Å². The van der Waals surface area contributed by atoms with E-state index in [4.69, 9.17) is 4.74 Å². The van der Waals surface area contributed by atoms with Crippen LogP contribution in [0.3, 0.4) is 0 Å². The fourth-order valence-corrected chi connectivity index (χ4v) is 3.18. The molecule has 0 radical (unpaired) electrons. The number of piperazine rings is 1. The second kappa shape index (κ2) is 5.35. The molecule has 0 saturated carbocycles. The van der Waals surface area contributed by atoms with Crippen LogP contribution in [-0.2, 0) is 14.3 Å². The van der Waals surface area contributed by atoms with E-state index in [0.29, 0.717) is 6.54 Å². The van der Waals surface area contributed by atoms with Crippen molar-refractivity contribution in [2.24, 2.45) is 5.92 Å². The molecule has 2 rings (SSSR count). The van der Waals surface area contributed by atoms with Gasteiger partial charge in [-0.25, -0.2) is 0 Å². The van der Waals surface area contributed by atoms with E-state index in [9.17, 15) is 9.59 Å². The van der Waals surface area contributed by atoms with Gasteiger partial charge < -0.3 is 15.0 Å². The molecule has 0 spiro atoms. The Balaban J connectivity index is 2.12. The number of ether oxygens (including phenoxy) is 1. The fourth-order valence-electron chi connectivity index (χ4n) is 3.18. The van der Waals surface area contributed by atoms with Crippen molar-refractivity contribution in [3.8, 4) is 0 Å². The molecule has 0 bridgehead atoms. The zero-order valence-electron chi connectivity index (χ0n) is 13.1. The molecule has 114 valence electrons. The van der Waals surface area contributed by atoms with Crippen LogP contribution in [0.5, 0.6) is 0 Å². The van der Waals surface area contributed by atoms with Gasteiger partial charge in [0, 0.05) is 6.54 Å². The summed E-state index contributed by atoms with van der Waals surface area (Å²) in [6, 6.07) is -0.821. The van der Waals surface area contributed by atoms with Crippen molar-refractivity contribution in [3.63, 3.8) is 0 Å². The second-order valence-electron chi connectivity index (χ2n) is 6.95. The minimum Gasteiger partial charge on any atom is -0.371 e. The van der Waals surface area contributed by atoms with Crippen molar-refractivity contribution in [3.05, 3.63) is 0 Å². The molecule has 3 unspecified atom stereocenters. The summed E-state index contributed by atoms with van der Waals surface area (Å²) in [5.74, 6) is 0.0434. The number of amides is 2. The van der Waals surface area contributed by atoms with Crippen molar-refractivity contribution >= 4 is 11.8 Å². The highest BCUT2D eigenvalue weighted by atomic mass is 16.5. The summed E-state index contributed by atoms with van der Waals surface area (Å²) in [6.45, 7) is 10.3. The first-order valence-electron chi connectivity index (χ1n) is 7.50. The Hall–Kier alpha value is -1.10. The van der Waals surface area contributed by atoms with Crippen LogP contribution >= 0.6 is 0 Å².